The summed E-state index contributed by atoms with van der Waals surface area (Å²) in [6.45, 7) is 3.96. The molecule has 2 aromatic rings. The molecule has 0 atom stereocenters. The first-order valence-corrected chi connectivity index (χ1v) is 8.62. The summed E-state index contributed by atoms with van der Waals surface area (Å²) in [6, 6.07) is 3.83. The van der Waals surface area contributed by atoms with Crippen LogP contribution in [0.4, 0.5) is 13.2 Å². The summed E-state index contributed by atoms with van der Waals surface area (Å²) in [7, 11) is 0. The van der Waals surface area contributed by atoms with Gasteiger partial charge in [-0.15, -0.1) is 11.3 Å². The zero-order chi connectivity index (χ0) is 17.2. The van der Waals surface area contributed by atoms with Gasteiger partial charge in [0.2, 0.25) is 5.88 Å². The van der Waals surface area contributed by atoms with Crippen molar-refractivity contribution in [2.75, 3.05) is 13.1 Å². The Morgan fingerprint density at radius 1 is 1.33 bits per heavy atom. The topological polar surface area (TPSA) is 38.2 Å². The Kier molecular flexibility index (Phi) is 5.05. The Morgan fingerprint density at radius 3 is 2.71 bits per heavy atom. The fourth-order valence-corrected chi connectivity index (χ4v) is 3.48. The number of thiazole rings is 1. The summed E-state index contributed by atoms with van der Waals surface area (Å²) >= 11 is 1.06. The van der Waals surface area contributed by atoms with Gasteiger partial charge >= 0.3 is 6.18 Å². The summed E-state index contributed by atoms with van der Waals surface area (Å²) in [4.78, 5) is 10.0. The van der Waals surface area contributed by atoms with Crippen LogP contribution in [0.1, 0.15) is 29.1 Å². The second-order valence-electron chi connectivity index (χ2n) is 5.84. The summed E-state index contributed by atoms with van der Waals surface area (Å²) < 4.78 is 43.7. The molecule has 0 bridgehead atoms. The van der Waals surface area contributed by atoms with Gasteiger partial charge in [-0.3, -0.25) is 4.90 Å². The number of halogens is 3. The fourth-order valence-electron chi connectivity index (χ4n) is 2.64. The number of ether oxygens (including phenoxy) is 1. The smallest absolute Gasteiger partial charge is 0.434 e. The zero-order valence-corrected chi connectivity index (χ0v) is 14.0. The van der Waals surface area contributed by atoms with Gasteiger partial charge in [-0.1, -0.05) is 6.07 Å². The lowest BCUT2D eigenvalue weighted by molar-refractivity contribution is -0.140. The van der Waals surface area contributed by atoms with Crippen LogP contribution in [0.25, 0.3) is 0 Å². The van der Waals surface area contributed by atoms with Crippen molar-refractivity contribution in [2.45, 2.75) is 38.6 Å². The van der Waals surface area contributed by atoms with Crippen LogP contribution in [0.15, 0.2) is 23.7 Å². The summed E-state index contributed by atoms with van der Waals surface area (Å²) in [6.07, 6.45) is -0.910. The Morgan fingerprint density at radius 2 is 2.08 bits per heavy atom. The van der Waals surface area contributed by atoms with E-state index >= 15 is 0 Å². The van der Waals surface area contributed by atoms with Crippen LogP contribution in [0, 0.1) is 6.92 Å². The van der Waals surface area contributed by atoms with Gasteiger partial charge in [-0.25, -0.2) is 9.97 Å². The quantitative estimate of drug-likeness (QED) is 0.832. The summed E-state index contributed by atoms with van der Waals surface area (Å²) in [5.74, 6) is 0.658. The van der Waals surface area contributed by atoms with Gasteiger partial charge in [-0.05, 0) is 25.8 Å². The molecule has 1 aliphatic heterocycles. The number of nitrogens with zero attached hydrogens (tertiary/aromatic N) is 3. The van der Waals surface area contributed by atoms with Crippen molar-refractivity contribution >= 4 is 11.3 Å². The van der Waals surface area contributed by atoms with Crippen molar-refractivity contribution < 1.29 is 17.9 Å². The molecule has 1 fully saturated rings. The number of aromatic nitrogens is 2. The van der Waals surface area contributed by atoms with Crippen LogP contribution < -0.4 is 4.74 Å². The molecule has 0 radical (unpaired) electrons. The molecule has 24 heavy (non-hydrogen) atoms. The minimum atomic E-state index is -4.36. The van der Waals surface area contributed by atoms with Crippen molar-refractivity contribution in [3.05, 3.63) is 40.0 Å². The average Bonchev–Trinajstić information content (AvgIpc) is 3.00. The molecule has 0 N–H and O–H groups in total. The molecule has 3 heterocycles. The molecule has 4 nitrogen and oxygen atoms in total. The Hall–Kier alpha value is -1.67. The second-order valence-corrected chi connectivity index (χ2v) is 6.79. The fraction of sp³-hybridized carbons (Fsp3) is 0.500. The van der Waals surface area contributed by atoms with E-state index in [1.165, 1.54) is 0 Å². The molecule has 0 aliphatic carbocycles. The highest BCUT2D eigenvalue weighted by Crippen LogP contribution is 2.30. The number of rotatable bonds is 4. The van der Waals surface area contributed by atoms with E-state index in [0.717, 1.165) is 48.2 Å². The van der Waals surface area contributed by atoms with Crippen molar-refractivity contribution in [1.29, 1.82) is 0 Å². The molecule has 0 amide bonds. The third kappa shape index (κ3) is 4.24. The van der Waals surface area contributed by atoms with E-state index in [1.807, 2.05) is 19.1 Å². The van der Waals surface area contributed by atoms with E-state index in [9.17, 15) is 13.2 Å². The van der Waals surface area contributed by atoms with Gasteiger partial charge in [0, 0.05) is 30.2 Å². The minimum absolute atomic E-state index is 0.0943. The summed E-state index contributed by atoms with van der Waals surface area (Å²) in [5, 5.41) is 1.58. The molecule has 2 aromatic heterocycles. The maximum absolute atomic E-state index is 12.6. The van der Waals surface area contributed by atoms with Crippen LogP contribution in [0.5, 0.6) is 5.88 Å². The van der Waals surface area contributed by atoms with Gasteiger partial charge < -0.3 is 4.74 Å². The SMILES string of the molecule is Cc1cccnc1OC1CCN(Cc2nc(C(F)(F)F)cs2)CC1. The number of piperidine rings is 1. The predicted octanol–water partition coefficient (Wildman–Crippen LogP) is 3.91. The maximum atomic E-state index is 12.6. The Labute approximate surface area is 142 Å². The van der Waals surface area contributed by atoms with Crippen molar-refractivity contribution in [3.8, 4) is 5.88 Å². The molecule has 0 spiro atoms. The molecule has 0 saturated carbocycles. The minimum Gasteiger partial charge on any atom is -0.474 e. The van der Waals surface area contributed by atoms with Gasteiger partial charge in [0.05, 0.1) is 6.54 Å². The third-order valence-electron chi connectivity index (χ3n) is 3.98. The van der Waals surface area contributed by atoms with E-state index in [0.29, 0.717) is 17.4 Å². The monoisotopic (exact) mass is 357 g/mol. The Bertz CT molecular complexity index is 681. The number of alkyl halides is 3. The van der Waals surface area contributed by atoms with E-state index < -0.39 is 11.9 Å². The lowest BCUT2D eigenvalue weighted by Crippen LogP contribution is -2.38. The van der Waals surface area contributed by atoms with E-state index in [4.69, 9.17) is 4.74 Å². The lowest BCUT2D eigenvalue weighted by atomic mass is 10.1. The number of pyridine rings is 1. The standard InChI is InChI=1S/C16H18F3N3OS/c1-11-3-2-6-20-15(11)23-12-4-7-22(8-5-12)9-14-21-13(10-24-14)16(17,18)19/h2-3,6,10,12H,4-5,7-9H2,1H3. The number of hydrogen-bond acceptors (Lipinski definition) is 5. The molecular formula is C16H18F3N3OS. The highest BCUT2D eigenvalue weighted by Gasteiger charge is 2.34. The molecule has 1 aliphatic rings. The average molecular weight is 357 g/mol. The van der Waals surface area contributed by atoms with E-state index in [2.05, 4.69) is 14.9 Å². The van der Waals surface area contributed by atoms with Crippen LogP contribution in [0.2, 0.25) is 0 Å². The number of likely N-dealkylation sites (tertiary alicyclic amines) is 1. The van der Waals surface area contributed by atoms with E-state index in [1.54, 1.807) is 6.20 Å². The molecular weight excluding hydrogens is 339 g/mol. The first-order chi connectivity index (χ1) is 11.4. The van der Waals surface area contributed by atoms with Gasteiger partial charge in [-0.2, -0.15) is 13.2 Å². The summed E-state index contributed by atoms with van der Waals surface area (Å²) in [5.41, 5.74) is 0.203. The van der Waals surface area contributed by atoms with Crippen LogP contribution >= 0.6 is 11.3 Å². The first-order valence-electron chi connectivity index (χ1n) is 7.74. The normalized spacial score (nSPS) is 17.2. The zero-order valence-electron chi connectivity index (χ0n) is 13.2. The Balaban J connectivity index is 1.50. The van der Waals surface area contributed by atoms with Crippen LogP contribution in [-0.2, 0) is 12.7 Å². The largest absolute Gasteiger partial charge is 0.474 e. The third-order valence-corrected chi connectivity index (χ3v) is 4.81. The van der Waals surface area contributed by atoms with Gasteiger partial charge in [0.25, 0.3) is 0 Å². The molecule has 130 valence electrons. The van der Waals surface area contributed by atoms with Crippen molar-refractivity contribution in [2.24, 2.45) is 0 Å². The highest BCUT2D eigenvalue weighted by atomic mass is 32.1. The molecule has 8 heteroatoms. The molecule has 3 rings (SSSR count). The van der Waals surface area contributed by atoms with Gasteiger partial charge in [0.1, 0.15) is 11.1 Å². The second kappa shape index (κ2) is 7.06. The first kappa shape index (κ1) is 17.2. The van der Waals surface area contributed by atoms with Gasteiger partial charge in [0.15, 0.2) is 5.69 Å². The number of hydrogen-bond donors (Lipinski definition) is 0. The number of aryl methyl sites for hydroxylation is 1. The predicted molar refractivity (Wildman–Crippen MR) is 85.0 cm³/mol. The molecule has 0 aromatic carbocycles. The van der Waals surface area contributed by atoms with Crippen LogP contribution in [0.3, 0.4) is 0 Å². The van der Waals surface area contributed by atoms with Crippen LogP contribution in [-0.4, -0.2) is 34.1 Å². The van der Waals surface area contributed by atoms with E-state index in [-0.39, 0.29) is 6.10 Å². The lowest BCUT2D eigenvalue weighted by Gasteiger charge is -2.31. The van der Waals surface area contributed by atoms with Crippen molar-refractivity contribution in [3.63, 3.8) is 0 Å². The van der Waals surface area contributed by atoms with Crippen molar-refractivity contribution in [1.82, 2.24) is 14.9 Å². The maximum Gasteiger partial charge on any atom is 0.434 e. The molecule has 1 saturated heterocycles. The molecule has 0 unspecified atom stereocenters. The highest BCUT2D eigenvalue weighted by molar-refractivity contribution is 7.09.